The highest BCUT2D eigenvalue weighted by molar-refractivity contribution is 6.30. The van der Waals surface area contributed by atoms with Crippen LogP contribution in [0.3, 0.4) is 0 Å². The Morgan fingerprint density at radius 1 is 1.08 bits per heavy atom. The zero-order valence-corrected chi connectivity index (χ0v) is 14.6. The minimum atomic E-state index is -0.287. The molecule has 8 heteroatoms. The third-order valence-corrected chi connectivity index (χ3v) is 3.61. The van der Waals surface area contributed by atoms with Gasteiger partial charge in [0.05, 0.1) is 12.3 Å². The van der Waals surface area contributed by atoms with Crippen LogP contribution in [0.4, 0.5) is 0 Å². The molecule has 25 heavy (non-hydrogen) atoms. The van der Waals surface area contributed by atoms with E-state index in [9.17, 15) is 4.79 Å². The summed E-state index contributed by atoms with van der Waals surface area (Å²) in [4.78, 5) is 23.0. The fourth-order valence-corrected chi connectivity index (χ4v) is 2.48. The number of hydrogen-bond acceptors (Lipinski definition) is 5. The lowest BCUT2D eigenvalue weighted by Crippen LogP contribution is -2.11. The molecule has 0 fully saturated rings. The molecule has 0 spiro atoms. The number of aromatic nitrogens is 3. The molecular formula is C17H13Cl2N3O3. The number of nitrogens with zero attached hydrogens (tertiary/aromatic N) is 2. The maximum atomic E-state index is 11.8. The first-order valence-corrected chi connectivity index (χ1v) is 7.99. The summed E-state index contributed by atoms with van der Waals surface area (Å²) in [6.07, 6.45) is 0. The fourth-order valence-electron chi connectivity index (χ4n) is 2.15. The van der Waals surface area contributed by atoms with Crippen molar-refractivity contribution < 1.29 is 9.47 Å². The van der Waals surface area contributed by atoms with E-state index in [1.807, 2.05) is 0 Å². The Morgan fingerprint density at radius 2 is 1.84 bits per heavy atom. The number of hydrogen-bond donors (Lipinski definition) is 1. The molecule has 0 aliphatic rings. The van der Waals surface area contributed by atoms with Crippen molar-refractivity contribution in [3.05, 3.63) is 68.7 Å². The van der Waals surface area contributed by atoms with Crippen molar-refractivity contribution in [1.29, 1.82) is 0 Å². The molecule has 0 amide bonds. The van der Waals surface area contributed by atoms with Gasteiger partial charge in [-0.15, -0.1) is 0 Å². The van der Waals surface area contributed by atoms with Gasteiger partial charge < -0.3 is 14.5 Å². The Hall–Kier alpha value is -2.41. The summed E-state index contributed by atoms with van der Waals surface area (Å²) in [7, 11) is 1.53. The number of pyridine rings is 1. The number of halogens is 2. The van der Waals surface area contributed by atoms with Crippen LogP contribution in [0.5, 0.6) is 11.6 Å². The van der Waals surface area contributed by atoms with Gasteiger partial charge in [0.2, 0.25) is 5.88 Å². The molecule has 0 bridgehead atoms. The van der Waals surface area contributed by atoms with E-state index in [2.05, 4.69) is 15.0 Å². The molecule has 0 radical (unpaired) electrons. The van der Waals surface area contributed by atoms with Crippen molar-refractivity contribution in [3.8, 4) is 23.0 Å². The standard InChI is InChI=1S/C17H13Cl2N3O3/c1-24-9-12-8-15(23)22-17(20-12)10-6-14(19)21-16(7-10)25-13-4-2-11(18)3-5-13/h2-8H,9H2,1H3,(H,20,22,23). The van der Waals surface area contributed by atoms with Gasteiger partial charge in [-0.2, -0.15) is 0 Å². The van der Waals surface area contributed by atoms with E-state index in [1.54, 1.807) is 36.4 Å². The number of methoxy groups -OCH3 is 1. The van der Waals surface area contributed by atoms with Gasteiger partial charge in [0.15, 0.2) is 0 Å². The van der Waals surface area contributed by atoms with Gasteiger partial charge in [-0.1, -0.05) is 23.2 Å². The Balaban J connectivity index is 1.96. The number of benzene rings is 1. The van der Waals surface area contributed by atoms with Crippen LogP contribution >= 0.6 is 23.2 Å². The maximum absolute atomic E-state index is 11.8. The number of aromatic amines is 1. The molecule has 3 aromatic rings. The number of rotatable bonds is 5. The first-order valence-electron chi connectivity index (χ1n) is 7.24. The Morgan fingerprint density at radius 3 is 2.56 bits per heavy atom. The molecule has 0 atom stereocenters. The van der Waals surface area contributed by atoms with E-state index >= 15 is 0 Å². The van der Waals surface area contributed by atoms with E-state index in [4.69, 9.17) is 32.7 Å². The second kappa shape index (κ2) is 7.65. The second-order valence-corrected chi connectivity index (χ2v) is 5.91. The van der Waals surface area contributed by atoms with E-state index in [-0.39, 0.29) is 23.2 Å². The number of nitrogens with one attached hydrogen (secondary N) is 1. The van der Waals surface area contributed by atoms with Crippen LogP contribution in [0.1, 0.15) is 5.69 Å². The van der Waals surface area contributed by atoms with Gasteiger partial charge in [0, 0.05) is 29.8 Å². The molecule has 2 heterocycles. The normalized spacial score (nSPS) is 10.7. The minimum Gasteiger partial charge on any atom is -0.439 e. The van der Waals surface area contributed by atoms with Gasteiger partial charge in [-0.25, -0.2) is 9.97 Å². The van der Waals surface area contributed by atoms with E-state index in [0.29, 0.717) is 27.9 Å². The molecule has 6 nitrogen and oxygen atoms in total. The fraction of sp³-hybridized carbons (Fsp3) is 0.118. The zero-order chi connectivity index (χ0) is 17.8. The Labute approximate surface area is 153 Å². The summed E-state index contributed by atoms with van der Waals surface area (Å²) in [5.74, 6) is 1.18. The highest BCUT2D eigenvalue weighted by atomic mass is 35.5. The smallest absolute Gasteiger partial charge is 0.251 e. The Bertz CT molecular complexity index is 943. The molecule has 0 saturated heterocycles. The van der Waals surface area contributed by atoms with Crippen LogP contribution in [0.2, 0.25) is 10.2 Å². The van der Waals surface area contributed by atoms with Crippen molar-refractivity contribution in [3.63, 3.8) is 0 Å². The van der Waals surface area contributed by atoms with E-state index in [0.717, 1.165) is 0 Å². The second-order valence-electron chi connectivity index (χ2n) is 5.09. The largest absolute Gasteiger partial charge is 0.439 e. The quantitative estimate of drug-likeness (QED) is 0.677. The third kappa shape index (κ3) is 4.57. The lowest BCUT2D eigenvalue weighted by molar-refractivity contribution is 0.181. The highest BCUT2D eigenvalue weighted by Gasteiger charge is 2.09. The number of H-pyrrole nitrogens is 1. The summed E-state index contributed by atoms with van der Waals surface area (Å²) in [6.45, 7) is 0.226. The molecule has 1 N–H and O–H groups in total. The average Bonchev–Trinajstić information content (AvgIpc) is 2.56. The molecule has 1 aromatic carbocycles. The van der Waals surface area contributed by atoms with Gasteiger partial charge in [0.1, 0.15) is 16.7 Å². The van der Waals surface area contributed by atoms with E-state index < -0.39 is 0 Å². The Kier molecular flexibility index (Phi) is 5.33. The molecular weight excluding hydrogens is 365 g/mol. The topological polar surface area (TPSA) is 77.1 Å². The number of ether oxygens (including phenoxy) is 2. The van der Waals surface area contributed by atoms with Gasteiger partial charge in [-0.05, 0) is 30.3 Å². The van der Waals surface area contributed by atoms with Crippen molar-refractivity contribution in [1.82, 2.24) is 15.0 Å². The molecule has 0 saturated carbocycles. The lowest BCUT2D eigenvalue weighted by atomic mass is 10.2. The summed E-state index contributed by atoms with van der Waals surface area (Å²) >= 11 is 11.9. The molecule has 3 rings (SSSR count). The average molecular weight is 378 g/mol. The molecule has 0 unspecified atom stereocenters. The first-order chi connectivity index (χ1) is 12.0. The minimum absolute atomic E-state index is 0.209. The molecule has 0 aliphatic heterocycles. The SMILES string of the molecule is COCc1cc(=O)[nH]c(-c2cc(Cl)nc(Oc3ccc(Cl)cc3)c2)n1. The summed E-state index contributed by atoms with van der Waals surface area (Å²) in [6, 6.07) is 11.4. The lowest BCUT2D eigenvalue weighted by Gasteiger charge is -2.08. The summed E-state index contributed by atoms with van der Waals surface area (Å²) in [5.41, 5.74) is 0.790. The van der Waals surface area contributed by atoms with Gasteiger partial charge >= 0.3 is 0 Å². The van der Waals surface area contributed by atoms with Crippen LogP contribution in [-0.4, -0.2) is 22.1 Å². The van der Waals surface area contributed by atoms with Crippen LogP contribution < -0.4 is 10.3 Å². The van der Waals surface area contributed by atoms with Crippen LogP contribution in [0.15, 0.2) is 47.3 Å². The van der Waals surface area contributed by atoms with E-state index in [1.165, 1.54) is 13.2 Å². The van der Waals surface area contributed by atoms with Crippen LogP contribution in [-0.2, 0) is 11.3 Å². The van der Waals surface area contributed by atoms with Crippen molar-refractivity contribution >= 4 is 23.2 Å². The predicted molar refractivity (Wildman–Crippen MR) is 95.3 cm³/mol. The highest BCUT2D eigenvalue weighted by Crippen LogP contribution is 2.27. The van der Waals surface area contributed by atoms with Crippen molar-refractivity contribution in [2.24, 2.45) is 0 Å². The van der Waals surface area contributed by atoms with Crippen LogP contribution in [0.25, 0.3) is 11.4 Å². The third-order valence-electron chi connectivity index (χ3n) is 3.17. The monoisotopic (exact) mass is 377 g/mol. The maximum Gasteiger partial charge on any atom is 0.251 e. The molecule has 128 valence electrons. The van der Waals surface area contributed by atoms with Crippen molar-refractivity contribution in [2.45, 2.75) is 6.61 Å². The molecule has 0 aliphatic carbocycles. The predicted octanol–water partition coefficient (Wildman–Crippen LogP) is 4.08. The van der Waals surface area contributed by atoms with Gasteiger partial charge in [0.25, 0.3) is 5.56 Å². The van der Waals surface area contributed by atoms with Gasteiger partial charge in [-0.3, -0.25) is 4.79 Å². The summed E-state index contributed by atoms with van der Waals surface area (Å²) < 4.78 is 10.7. The molecule has 2 aromatic heterocycles. The zero-order valence-electron chi connectivity index (χ0n) is 13.1. The van der Waals surface area contributed by atoms with Crippen molar-refractivity contribution in [2.75, 3.05) is 7.11 Å². The summed E-state index contributed by atoms with van der Waals surface area (Å²) in [5, 5.41) is 0.810. The van der Waals surface area contributed by atoms with Crippen LogP contribution in [0, 0.1) is 0 Å². The first kappa shape index (κ1) is 17.4.